The molecule has 2 rings (SSSR count). The summed E-state index contributed by atoms with van der Waals surface area (Å²) in [5.74, 6) is -0.539. The number of hydrogen-bond donors (Lipinski definition) is 2. The Morgan fingerprint density at radius 3 is 2.62 bits per heavy atom. The molecule has 0 atom stereocenters. The first-order valence-corrected chi connectivity index (χ1v) is 7.17. The average molecular weight is 335 g/mol. The quantitative estimate of drug-likeness (QED) is 0.431. The van der Waals surface area contributed by atoms with Crippen molar-refractivity contribution in [3.05, 3.63) is 45.7 Å². The maximum absolute atomic E-state index is 11.9. The maximum Gasteiger partial charge on any atom is 0.312 e. The van der Waals surface area contributed by atoms with Gasteiger partial charge in [0.2, 0.25) is 5.91 Å². The first kappa shape index (κ1) is 17.2. The van der Waals surface area contributed by atoms with E-state index in [-0.39, 0.29) is 48.6 Å². The molecule has 0 saturated carbocycles. The Kier molecular flexibility index (Phi) is 5.30. The molecule has 0 aliphatic rings. The molecule has 0 aliphatic heterocycles. The number of carbonyl (C=O) groups excluding carboxylic acids is 2. The van der Waals surface area contributed by atoms with Crippen molar-refractivity contribution in [2.24, 2.45) is 0 Å². The molecule has 0 radical (unpaired) electrons. The fourth-order valence-corrected chi connectivity index (χ4v) is 2.17. The molecule has 2 aromatic rings. The minimum Gasteiger partial charge on any atom is -0.459 e. The molecule has 2 aromatic heterocycles. The highest BCUT2D eigenvalue weighted by molar-refractivity contribution is 5.91. The van der Waals surface area contributed by atoms with Gasteiger partial charge in [0.1, 0.15) is 17.9 Å². The van der Waals surface area contributed by atoms with E-state index in [4.69, 9.17) is 4.42 Å². The topological polar surface area (TPSA) is 132 Å². The largest absolute Gasteiger partial charge is 0.459 e. The number of amides is 2. The van der Waals surface area contributed by atoms with Crippen molar-refractivity contribution in [3.63, 3.8) is 0 Å². The molecule has 128 valence electrons. The van der Waals surface area contributed by atoms with E-state index in [1.54, 1.807) is 6.07 Å². The van der Waals surface area contributed by atoms with E-state index < -0.39 is 4.92 Å². The van der Waals surface area contributed by atoms with Crippen LogP contribution in [0.25, 0.3) is 0 Å². The monoisotopic (exact) mass is 335 g/mol. The molecular formula is C14H17N5O5. The second kappa shape index (κ2) is 7.40. The van der Waals surface area contributed by atoms with Crippen molar-refractivity contribution >= 4 is 17.5 Å². The third kappa shape index (κ3) is 3.97. The third-order valence-corrected chi connectivity index (χ3v) is 3.30. The molecule has 0 bridgehead atoms. The Bertz CT molecular complexity index is 750. The SMILES string of the molecule is Cc1nn(CC(=O)NCCNC(=O)c2ccco2)c(C)c1[N+](=O)[O-]. The van der Waals surface area contributed by atoms with E-state index in [0.29, 0.717) is 5.69 Å². The number of aromatic nitrogens is 2. The summed E-state index contributed by atoms with van der Waals surface area (Å²) in [7, 11) is 0. The molecule has 10 heteroatoms. The first-order valence-electron chi connectivity index (χ1n) is 7.17. The summed E-state index contributed by atoms with van der Waals surface area (Å²) >= 11 is 0. The number of nitro groups is 1. The zero-order chi connectivity index (χ0) is 17.7. The van der Waals surface area contributed by atoms with E-state index in [1.807, 2.05) is 0 Å². The molecule has 0 saturated heterocycles. The van der Waals surface area contributed by atoms with Gasteiger partial charge in [0, 0.05) is 13.1 Å². The molecule has 10 nitrogen and oxygen atoms in total. The van der Waals surface area contributed by atoms with Gasteiger partial charge in [-0.25, -0.2) is 0 Å². The highest BCUT2D eigenvalue weighted by atomic mass is 16.6. The number of hydrogen-bond acceptors (Lipinski definition) is 6. The number of carbonyl (C=O) groups is 2. The van der Waals surface area contributed by atoms with Crippen LogP contribution in [0.4, 0.5) is 5.69 Å². The minimum absolute atomic E-state index is 0.0893. The zero-order valence-corrected chi connectivity index (χ0v) is 13.2. The predicted octanol–water partition coefficient (Wildman–Crippen LogP) is 0.547. The Hall–Kier alpha value is -3.17. The molecule has 24 heavy (non-hydrogen) atoms. The Balaban J connectivity index is 1.79. The summed E-state index contributed by atoms with van der Waals surface area (Å²) < 4.78 is 6.21. The highest BCUT2D eigenvalue weighted by Gasteiger charge is 2.22. The normalized spacial score (nSPS) is 10.4. The second-order valence-electron chi connectivity index (χ2n) is 5.02. The fraction of sp³-hybridized carbons (Fsp3) is 0.357. The van der Waals surface area contributed by atoms with Gasteiger partial charge < -0.3 is 15.1 Å². The molecule has 0 spiro atoms. The molecule has 0 fully saturated rings. The zero-order valence-electron chi connectivity index (χ0n) is 13.2. The summed E-state index contributed by atoms with van der Waals surface area (Å²) in [6.07, 6.45) is 1.39. The number of rotatable bonds is 7. The van der Waals surface area contributed by atoms with Crippen LogP contribution >= 0.6 is 0 Å². The molecule has 0 aliphatic carbocycles. The van der Waals surface area contributed by atoms with Gasteiger partial charge in [0.05, 0.1) is 11.2 Å². The van der Waals surface area contributed by atoms with E-state index in [2.05, 4.69) is 15.7 Å². The summed E-state index contributed by atoms with van der Waals surface area (Å²) in [6, 6.07) is 3.13. The van der Waals surface area contributed by atoms with Gasteiger partial charge in [-0.2, -0.15) is 5.10 Å². The molecular weight excluding hydrogens is 318 g/mol. The van der Waals surface area contributed by atoms with Crippen molar-refractivity contribution in [2.75, 3.05) is 13.1 Å². The van der Waals surface area contributed by atoms with Crippen LogP contribution in [0, 0.1) is 24.0 Å². The van der Waals surface area contributed by atoms with Crippen molar-refractivity contribution in [1.82, 2.24) is 20.4 Å². The molecule has 2 amide bonds. The summed E-state index contributed by atoms with van der Waals surface area (Å²) in [4.78, 5) is 33.9. The van der Waals surface area contributed by atoms with Crippen LogP contribution in [0.3, 0.4) is 0 Å². The van der Waals surface area contributed by atoms with Gasteiger partial charge in [-0.1, -0.05) is 0 Å². The minimum atomic E-state index is -0.518. The number of aryl methyl sites for hydroxylation is 1. The first-order chi connectivity index (χ1) is 11.4. The molecule has 0 aromatic carbocycles. The van der Waals surface area contributed by atoms with Crippen molar-refractivity contribution < 1.29 is 18.9 Å². The van der Waals surface area contributed by atoms with Crippen molar-refractivity contribution in [3.8, 4) is 0 Å². The Morgan fingerprint density at radius 2 is 2.04 bits per heavy atom. The second-order valence-corrected chi connectivity index (χ2v) is 5.02. The van der Waals surface area contributed by atoms with Gasteiger partial charge >= 0.3 is 5.69 Å². The summed E-state index contributed by atoms with van der Waals surface area (Å²) in [6.45, 7) is 3.36. The van der Waals surface area contributed by atoms with Crippen LogP contribution < -0.4 is 10.6 Å². The van der Waals surface area contributed by atoms with Crippen LogP contribution in [0.2, 0.25) is 0 Å². The van der Waals surface area contributed by atoms with Crippen LogP contribution in [-0.2, 0) is 11.3 Å². The van der Waals surface area contributed by atoms with Gasteiger partial charge in [-0.05, 0) is 26.0 Å². The molecule has 2 N–H and O–H groups in total. The lowest BCUT2D eigenvalue weighted by Gasteiger charge is -2.07. The Labute approximate surface area is 137 Å². The Morgan fingerprint density at radius 1 is 1.33 bits per heavy atom. The van der Waals surface area contributed by atoms with Crippen molar-refractivity contribution in [1.29, 1.82) is 0 Å². The van der Waals surface area contributed by atoms with Crippen molar-refractivity contribution in [2.45, 2.75) is 20.4 Å². The number of nitrogens with one attached hydrogen (secondary N) is 2. The van der Waals surface area contributed by atoms with Gasteiger partial charge in [0.15, 0.2) is 5.76 Å². The highest BCUT2D eigenvalue weighted by Crippen LogP contribution is 2.21. The third-order valence-electron chi connectivity index (χ3n) is 3.30. The van der Waals surface area contributed by atoms with E-state index in [1.165, 1.54) is 30.9 Å². The molecule has 2 heterocycles. The lowest BCUT2D eigenvalue weighted by atomic mass is 10.3. The standard InChI is InChI=1S/C14H17N5O5/c1-9-13(19(22)23)10(2)18(17-9)8-12(20)15-5-6-16-14(21)11-4-3-7-24-11/h3-4,7H,5-6,8H2,1-2H3,(H,15,20)(H,16,21). The van der Waals surface area contributed by atoms with Crippen LogP contribution in [-0.4, -0.2) is 39.6 Å². The lowest BCUT2D eigenvalue weighted by molar-refractivity contribution is -0.386. The number of nitrogens with zero attached hydrogens (tertiary/aromatic N) is 3. The average Bonchev–Trinajstić information content (AvgIpc) is 3.12. The van der Waals surface area contributed by atoms with Crippen LogP contribution in [0.15, 0.2) is 22.8 Å². The fourth-order valence-electron chi connectivity index (χ4n) is 2.17. The number of furan rings is 1. The van der Waals surface area contributed by atoms with Crippen LogP contribution in [0.1, 0.15) is 21.9 Å². The predicted molar refractivity (Wildman–Crippen MR) is 82.4 cm³/mol. The van der Waals surface area contributed by atoms with E-state index in [0.717, 1.165) is 0 Å². The summed E-state index contributed by atoms with van der Waals surface area (Å²) in [5, 5.41) is 20.1. The maximum atomic E-state index is 11.9. The molecule has 0 unspecified atom stereocenters. The summed E-state index contributed by atoms with van der Waals surface area (Å²) in [5.41, 5.74) is 0.489. The van der Waals surface area contributed by atoms with Gasteiger partial charge in [-0.3, -0.25) is 24.4 Å². The van der Waals surface area contributed by atoms with Gasteiger partial charge in [0.25, 0.3) is 5.91 Å². The lowest BCUT2D eigenvalue weighted by Crippen LogP contribution is -2.36. The van der Waals surface area contributed by atoms with E-state index >= 15 is 0 Å². The van der Waals surface area contributed by atoms with E-state index in [9.17, 15) is 19.7 Å². The smallest absolute Gasteiger partial charge is 0.312 e. The van der Waals surface area contributed by atoms with Gasteiger partial charge in [-0.15, -0.1) is 0 Å². The van der Waals surface area contributed by atoms with Crippen LogP contribution in [0.5, 0.6) is 0 Å².